The van der Waals surface area contributed by atoms with E-state index in [2.05, 4.69) is 20.1 Å². The number of sulfonamides is 1. The average Bonchev–Trinajstić information content (AvgIpc) is 3.49. The summed E-state index contributed by atoms with van der Waals surface area (Å²) in [6.45, 7) is 1.20. The summed E-state index contributed by atoms with van der Waals surface area (Å²) in [5.74, 6) is -1.40. The van der Waals surface area contributed by atoms with Gasteiger partial charge in [0, 0.05) is 18.0 Å². The van der Waals surface area contributed by atoms with Crippen molar-refractivity contribution in [3.8, 4) is 11.5 Å². The van der Waals surface area contributed by atoms with Crippen LogP contribution in [0, 0.1) is 5.82 Å². The Morgan fingerprint density at radius 1 is 1.17 bits per heavy atom. The molecule has 0 atom stereocenters. The van der Waals surface area contributed by atoms with E-state index in [1.807, 2.05) is 7.05 Å². The Kier molecular flexibility index (Phi) is 6.43. The molecule has 36 heavy (non-hydrogen) atoms. The van der Waals surface area contributed by atoms with Crippen LogP contribution in [0.5, 0.6) is 0 Å². The van der Waals surface area contributed by atoms with Gasteiger partial charge in [-0.05, 0) is 63.3 Å². The molecule has 190 valence electrons. The van der Waals surface area contributed by atoms with Gasteiger partial charge in [0.25, 0.3) is 5.89 Å². The first-order chi connectivity index (χ1) is 17.2. The third-order valence-corrected chi connectivity index (χ3v) is 8.45. The van der Waals surface area contributed by atoms with Gasteiger partial charge in [-0.25, -0.2) is 17.8 Å². The van der Waals surface area contributed by atoms with Crippen LogP contribution >= 0.6 is 0 Å². The van der Waals surface area contributed by atoms with Gasteiger partial charge in [-0.15, -0.1) is 10.2 Å². The highest BCUT2D eigenvalue weighted by molar-refractivity contribution is 7.93. The number of alkyl halides is 2. The number of imidazole rings is 1. The number of hydrogen-bond acceptors (Lipinski definition) is 7. The first-order valence-corrected chi connectivity index (χ1v) is 12.8. The number of fused-ring (bicyclic) bond motifs is 1. The number of anilines is 1. The first-order valence-electron chi connectivity index (χ1n) is 11.3. The van der Waals surface area contributed by atoms with Crippen LogP contribution in [0.15, 0.2) is 53.2 Å². The normalized spacial score (nSPS) is 15.7. The first kappa shape index (κ1) is 24.3. The van der Waals surface area contributed by atoms with Crippen molar-refractivity contribution in [1.29, 1.82) is 0 Å². The maximum absolute atomic E-state index is 14.1. The lowest BCUT2D eigenvalue weighted by molar-refractivity contribution is 0.116. The molecule has 13 heteroatoms. The minimum Gasteiger partial charge on any atom is -0.415 e. The van der Waals surface area contributed by atoms with Crippen LogP contribution < -0.4 is 4.31 Å². The number of benzene rings is 1. The zero-order valence-corrected chi connectivity index (χ0v) is 20.1. The Hall–Kier alpha value is -3.45. The molecular formula is C23H23F3N6O3S. The summed E-state index contributed by atoms with van der Waals surface area (Å²) < 4.78 is 74.9. The van der Waals surface area contributed by atoms with Gasteiger partial charge in [0.2, 0.25) is 15.9 Å². The van der Waals surface area contributed by atoms with E-state index in [-0.39, 0.29) is 18.1 Å². The quantitative estimate of drug-likeness (QED) is 0.365. The van der Waals surface area contributed by atoms with E-state index in [1.54, 1.807) is 35.0 Å². The molecule has 1 aliphatic rings. The Morgan fingerprint density at radius 2 is 1.94 bits per heavy atom. The van der Waals surface area contributed by atoms with Crippen LogP contribution in [-0.4, -0.2) is 58.3 Å². The number of likely N-dealkylation sites (tertiary alicyclic amines) is 1. The summed E-state index contributed by atoms with van der Waals surface area (Å²) in [5, 5.41) is 6.38. The summed E-state index contributed by atoms with van der Waals surface area (Å²) in [7, 11) is -1.88. The molecule has 9 nitrogen and oxygen atoms in total. The third-order valence-electron chi connectivity index (χ3n) is 6.18. The molecule has 0 amide bonds. The highest BCUT2D eigenvalue weighted by Crippen LogP contribution is 2.29. The van der Waals surface area contributed by atoms with Crippen molar-refractivity contribution in [2.24, 2.45) is 0 Å². The second-order valence-electron chi connectivity index (χ2n) is 8.69. The minimum atomic E-state index is -3.82. The fourth-order valence-corrected chi connectivity index (χ4v) is 6.14. The number of nitrogens with zero attached hydrogens (tertiary/aromatic N) is 6. The van der Waals surface area contributed by atoms with Gasteiger partial charge in [0.05, 0.1) is 23.2 Å². The lowest BCUT2D eigenvalue weighted by atomic mass is 10.1. The highest BCUT2D eigenvalue weighted by atomic mass is 32.2. The molecule has 1 aliphatic heterocycles. The number of halogens is 3. The van der Waals surface area contributed by atoms with Crippen LogP contribution in [0.1, 0.15) is 30.9 Å². The Morgan fingerprint density at radius 3 is 2.64 bits per heavy atom. The van der Waals surface area contributed by atoms with Crippen LogP contribution in [-0.2, 0) is 16.6 Å². The topological polar surface area (TPSA) is 96.8 Å². The van der Waals surface area contributed by atoms with E-state index in [0.717, 1.165) is 0 Å². The molecule has 1 saturated heterocycles. The van der Waals surface area contributed by atoms with Gasteiger partial charge in [0.15, 0.2) is 0 Å². The summed E-state index contributed by atoms with van der Waals surface area (Å²) >= 11 is 0. The molecule has 0 aliphatic carbocycles. The van der Waals surface area contributed by atoms with Crippen molar-refractivity contribution in [1.82, 2.24) is 24.5 Å². The van der Waals surface area contributed by atoms with Crippen molar-refractivity contribution in [2.45, 2.75) is 31.1 Å². The van der Waals surface area contributed by atoms with E-state index in [9.17, 15) is 21.6 Å². The molecule has 0 unspecified atom stereocenters. The molecule has 0 bridgehead atoms. The average molecular weight is 521 g/mol. The van der Waals surface area contributed by atoms with E-state index >= 15 is 0 Å². The molecule has 3 aromatic heterocycles. The van der Waals surface area contributed by atoms with Gasteiger partial charge >= 0.3 is 6.43 Å². The predicted molar refractivity (Wildman–Crippen MR) is 125 cm³/mol. The third kappa shape index (κ3) is 4.80. The van der Waals surface area contributed by atoms with Crippen LogP contribution in [0.4, 0.5) is 18.9 Å². The number of aromatic nitrogens is 4. The maximum atomic E-state index is 14.1. The van der Waals surface area contributed by atoms with Crippen molar-refractivity contribution >= 4 is 21.4 Å². The standard InChI is InChI=1S/C23H23F3N6O3S/c1-30-8-6-19(7-9-30)36(33,34)32(18-4-2-3-16(24)12-18)14-17-13-31-10-5-15(11-20(31)27-17)22-28-29-23(35-22)21(25)26/h2-5,10-13,19,21H,6-9,14H2,1H3. The molecule has 0 saturated carbocycles. The van der Waals surface area contributed by atoms with Crippen molar-refractivity contribution < 1.29 is 26.0 Å². The van der Waals surface area contributed by atoms with Gasteiger partial charge in [-0.2, -0.15) is 8.78 Å². The molecule has 1 fully saturated rings. The zero-order valence-electron chi connectivity index (χ0n) is 19.3. The van der Waals surface area contributed by atoms with Crippen molar-refractivity contribution in [2.75, 3.05) is 24.4 Å². The predicted octanol–water partition coefficient (Wildman–Crippen LogP) is 3.89. The largest absolute Gasteiger partial charge is 0.415 e. The highest BCUT2D eigenvalue weighted by Gasteiger charge is 2.35. The van der Waals surface area contributed by atoms with E-state index in [4.69, 9.17) is 4.42 Å². The molecule has 4 aromatic rings. The molecule has 0 N–H and O–H groups in total. The second-order valence-corrected chi connectivity index (χ2v) is 10.8. The van der Waals surface area contributed by atoms with Gasteiger partial charge < -0.3 is 13.7 Å². The molecule has 0 radical (unpaired) electrons. The fraction of sp³-hybridized carbons (Fsp3) is 0.348. The second kappa shape index (κ2) is 9.54. The summed E-state index contributed by atoms with van der Waals surface area (Å²) in [6.07, 6.45) is 1.36. The summed E-state index contributed by atoms with van der Waals surface area (Å²) in [6, 6.07) is 8.64. The molecule has 5 rings (SSSR count). The number of rotatable bonds is 7. The lowest BCUT2D eigenvalue weighted by Crippen LogP contribution is -2.44. The number of pyridine rings is 1. The van der Waals surface area contributed by atoms with Gasteiger partial charge in [0.1, 0.15) is 11.5 Å². The minimum absolute atomic E-state index is 0.0800. The fourth-order valence-electron chi connectivity index (χ4n) is 4.25. The van der Waals surface area contributed by atoms with Crippen LogP contribution in [0.3, 0.4) is 0 Å². The molecular weight excluding hydrogens is 497 g/mol. The number of piperidine rings is 1. The molecule has 4 heterocycles. The summed E-state index contributed by atoms with van der Waals surface area (Å²) in [5.41, 5.74) is 1.46. The Balaban J connectivity index is 1.47. The number of hydrogen-bond donors (Lipinski definition) is 0. The SMILES string of the molecule is CN1CCC(S(=O)(=O)N(Cc2cn3ccc(-c4nnc(C(F)F)o4)cc3n2)c2cccc(F)c2)CC1. The van der Waals surface area contributed by atoms with E-state index < -0.39 is 33.4 Å². The zero-order chi connectivity index (χ0) is 25.4. The van der Waals surface area contributed by atoms with Gasteiger partial charge in [-0.3, -0.25) is 4.31 Å². The van der Waals surface area contributed by atoms with Crippen LogP contribution in [0.2, 0.25) is 0 Å². The smallest absolute Gasteiger partial charge is 0.314 e. The molecule has 1 aromatic carbocycles. The van der Waals surface area contributed by atoms with E-state index in [1.165, 1.54) is 22.5 Å². The van der Waals surface area contributed by atoms with Crippen molar-refractivity contribution in [3.63, 3.8) is 0 Å². The van der Waals surface area contributed by atoms with Crippen LogP contribution in [0.25, 0.3) is 17.1 Å². The lowest BCUT2D eigenvalue weighted by Gasteiger charge is -2.33. The van der Waals surface area contributed by atoms with Crippen molar-refractivity contribution in [3.05, 3.63) is 66.2 Å². The summed E-state index contributed by atoms with van der Waals surface area (Å²) in [4.78, 5) is 6.59. The van der Waals surface area contributed by atoms with Gasteiger partial charge in [-0.1, -0.05) is 6.07 Å². The molecule has 0 spiro atoms. The monoisotopic (exact) mass is 520 g/mol. The maximum Gasteiger partial charge on any atom is 0.314 e. The Labute approximate surface area is 205 Å². The Bertz CT molecular complexity index is 1480. The van der Waals surface area contributed by atoms with E-state index in [0.29, 0.717) is 42.8 Å².